The molecule has 7 nitrogen and oxygen atoms in total. The first-order chi connectivity index (χ1) is 16.6. The van der Waals surface area contributed by atoms with Gasteiger partial charge in [-0.25, -0.2) is 8.42 Å². The molecular weight excluding hydrogens is 462 g/mol. The lowest BCUT2D eigenvalue weighted by Crippen LogP contribution is -2.49. The van der Waals surface area contributed by atoms with Crippen molar-refractivity contribution in [2.45, 2.75) is 57.7 Å². The second-order valence-electron chi connectivity index (χ2n) is 9.85. The highest BCUT2D eigenvalue weighted by atomic mass is 32.2. The summed E-state index contributed by atoms with van der Waals surface area (Å²) in [6.45, 7) is 9.26. The van der Waals surface area contributed by atoms with Crippen molar-refractivity contribution in [2.24, 2.45) is 11.8 Å². The van der Waals surface area contributed by atoms with Gasteiger partial charge in [-0.3, -0.25) is 9.88 Å². The first-order valence-electron chi connectivity index (χ1n) is 12.1. The van der Waals surface area contributed by atoms with E-state index in [0.29, 0.717) is 18.2 Å². The standard InChI is InChI=1S/C27H37N3O4S/c1-20(2)7-6-8-23-9-10-27-25(15-23)34-26(18-29(5)17-24-11-13-28-14-12-24)21(3)16-30(22(4)19-31)35(27,32)33/h9-15,20-22,26,31H,7,16-19H2,1-5H3/t21-,22-,26+/m0/s1. The summed E-state index contributed by atoms with van der Waals surface area (Å²) in [6.07, 6.45) is 4.05. The van der Waals surface area contributed by atoms with E-state index in [-0.39, 0.29) is 30.1 Å². The maximum absolute atomic E-state index is 13.6. The van der Waals surface area contributed by atoms with Crippen LogP contribution in [0.3, 0.4) is 0 Å². The molecule has 8 heteroatoms. The van der Waals surface area contributed by atoms with E-state index in [2.05, 4.69) is 35.6 Å². The lowest BCUT2D eigenvalue weighted by molar-refractivity contribution is 0.0733. The number of aliphatic hydroxyl groups is 1. The zero-order valence-corrected chi connectivity index (χ0v) is 22.1. The maximum atomic E-state index is 13.6. The number of sulfonamides is 1. The quantitative estimate of drug-likeness (QED) is 0.588. The lowest BCUT2D eigenvalue weighted by Gasteiger charge is -2.37. The van der Waals surface area contributed by atoms with E-state index in [0.717, 1.165) is 24.1 Å². The molecule has 0 fully saturated rings. The molecule has 35 heavy (non-hydrogen) atoms. The Balaban J connectivity index is 1.97. The van der Waals surface area contributed by atoms with Crippen molar-refractivity contribution in [1.29, 1.82) is 0 Å². The summed E-state index contributed by atoms with van der Waals surface area (Å²) in [4.78, 5) is 6.35. The topological polar surface area (TPSA) is 83.0 Å². The molecule has 0 spiro atoms. The van der Waals surface area contributed by atoms with Gasteiger partial charge in [0.25, 0.3) is 0 Å². The molecular formula is C27H37N3O4S. The zero-order chi connectivity index (χ0) is 25.6. The highest BCUT2D eigenvalue weighted by Gasteiger charge is 2.38. The summed E-state index contributed by atoms with van der Waals surface area (Å²) < 4.78 is 35.0. The highest BCUT2D eigenvalue weighted by Crippen LogP contribution is 2.34. The van der Waals surface area contributed by atoms with Crippen LogP contribution in [0.2, 0.25) is 0 Å². The molecule has 3 rings (SSSR count). The summed E-state index contributed by atoms with van der Waals surface area (Å²) in [5.74, 6) is 6.96. The van der Waals surface area contributed by atoms with Crippen LogP contribution in [0.1, 0.15) is 45.2 Å². The minimum absolute atomic E-state index is 0.109. The first-order valence-corrected chi connectivity index (χ1v) is 13.6. The van der Waals surface area contributed by atoms with Crippen LogP contribution in [0.25, 0.3) is 0 Å². The van der Waals surface area contributed by atoms with Gasteiger partial charge in [-0.15, -0.1) is 0 Å². The molecule has 1 aromatic carbocycles. The Kier molecular flexibility index (Phi) is 9.31. The third-order valence-corrected chi connectivity index (χ3v) is 8.12. The van der Waals surface area contributed by atoms with Crippen molar-refractivity contribution in [3.63, 3.8) is 0 Å². The molecule has 0 bridgehead atoms. The van der Waals surface area contributed by atoms with Gasteiger partial charge in [0, 0.05) is 56.0 Å². The summed E-state index contributed by atoms with van der Waals surface area (Å²) in [5.41, 5.74) is 1.86. The van der Waals surface area contributed by atoms with Crippen molar-refractivity contribution in [2.75, 3.05) is 26.7 Å². The van der Waals surface area contributed by atoms with E-state index < -0.39 is 16.1 Å². The van der Waals surface area contributed by atoms with Crippen LogP contribution >= 0.6 is 0 Å². The summed E-state index contributed by atoms with van der Waals surface area (Å²) in [6, 6.07) is 8.45. The molecule has 0 saturated heterocycles. The van der Waals surface area contributed by atoms with Gasteiger partial charge in [0.05, 0.1) is 6.61 Å². The van der Waals surface area contributed by atoms with Crippen LogP contribution in [0.15, 0.2) is 47.6 Å². The summed E-state index contributed by atoms with van der Waals surface area (Å²) in [7, 11) is -1.84. The Hall–Kier alpha value is -2.44. The Bertz CT molecular complexity index is 1140. The number of aliphatic hydroxyl groups excluding tert-OH is 1. The molecule has 0 amide bonds. The van der Waals surface area contributed by atoms with Crippen LogP contribution in [-0.4, -0.2) is 66.6 Å². The second kappa shape index (κ2) is 12.0. The van der Waals surface area contributed by atoms with Crippen LogP contribution in [-0.2, 0) is 16.6 Å². The van der Waals surface area contributed by atoms with E-state index >= 15 is 0 Å². The van der Waals surface area contributed by atoms with Gasteiger partial charge in [0.2, 0.25) is 10.0 Å². The largest absolute Gasteiger partial charge is 0.487 e. The van der Waals surface area contributed by atoms with Crippen molar-refractivity contribution >= 4 is 10.0 Å². The Morgan fingerprint density at radius 1 is 1.23 bits per heavy atom. The number of likely N-dealkylation sites (N-methyl/N-ethyl adjacent to an activating group) is 1. The third-order valence-electron chi connectivity index (χ3n) is 6.10. The predicted octanol–water partition coefficient (Wildman–Crippen LogP) is 3.38. The Morgan fingerprint density at radius 2 is 1.94 bits per heavy atom. The van der Waals surface area contributed by atoms with Crippen LogP contribution in [0, 0.1) is 23.7 Å². The molecule has 1 N–H and O–H groups in total. The van der Waals surface area contributed by atoms with Crippen molar-refractivity contribution in [3.05, 3.63) is 53.9 Å². The molecule has 1 aliphatic heterocycles. The third kappa shape index (κ3) is 7.05. The average molecular weight is 500 g/mol. The fraction of sp³-hybridized carbons (Fsp3) is 0.519. The average Bonchev–Trinajstić information content (AvgIpc) is 2.81. The van der Waals surface area contributed by atoms with Crippen LogP contribution < -0.4 is 4.74 Å². The van der Waals surface area contributed by atoms with Crippen molar-refractivity contribution < 1.29 is 18.3 Å². The number of nitrogens with zero attached hydrogens (tertiary/aromatic N) is 3. The number of aromatic nitrogens is 1. The van der Waals surface area contributed by atoms with E-state index in [4.69, 9.17) is 4.74 Å². The Morgan fingerprint density at radius 3 is 2.60 bits per heavy atom. The number of rotatable bonds is 7. The molecule has 0 unspecified atom stereocenters. The molecule has 190 valence electrons. The minimum atomic E-state index is -3.86. The number of fused-ring (bicyclic) bond motifs is 1. The van der Waals surface area contributed by atoms with Crippen LogP contribution in [0.4, 0.5) is 0 Å². The minimum Gasteiger partial charge on any atom is -0.487 e. The van der Waals surface area contributed by atoms with Gasteiger partial charge < -0.3 is 9.84 Å². The van der Waals surface area contributed by atoms with Gasteiger partial charge in [-0.05, 0) is 55.8 Å². The molecule has 3 atom stereocenters. The lowest BCUT2D eigenvalue weighted by atomic mass is 10.0. The predicted molar refractivity (Wildman–Crippen MR) is 137 cm³/mol. The van der Waals surface area contributed by atoms with Crippen molar-refractivity contribution in [3.8, 4) is 17.6 Å². The van der Waals surface area contributed by atoms with E-state index in [1.165, 1.54) is 4.31 Å². The molecule has 0 aliphatic carbocycles. The number of hydrogen-bond donors (Lipinski definition) is 1. The van der Waals surface area contributed by atoms with Gasteiger partial charge in [-0.1, -0.05) is 32.6 Å². The van der Waals surface area contributed by atoms with Crippen LogP contribution in [0.5, 0.6) is 5.75 Å². The molecule has 0 saturated carbocycles. The number of ether oxygens (including phenoxy) is 1. The summed E-state index contributed by atoms with van der Waals surface area (Å²) >= 11 is 0. The van der Waals surface area contributed by atoms with Gasteiger partial charge >= 0.3 is 0 Å². The second-order valence-corrected chi connectivity index (χ2v) is 11.7. The van der Waals surface area contributed by atoms with Gasteiger partial charge in [0.1, 0.15) is 16.7 Å². The van der Waals surface area contributed by atoms with E-state index in [9.17, 15) is 13.5 Å². The fourth-order valence-electron chi connectivity index (χ4n) is 4.05. The fourth-order valence-corrected chi connectivity index (χ4v) is 5.88. The molecule has 1 aromatic heterocycles. The van der Waals surface area contributed by atoms with E-state index in [1.54, 1.807) is 37.5 Å². The molecule has 2 aromatic rings. The van der Waals surface area contributed by atoms with Gasteiger partial charge in [0.15, 0.2) is 0 Å². The molecule has 0 radical (unpaired) electrons. The smallest absolute Gasteiger partial charge is 0.247 e. The SMILES string of the molecule is CC(C)CC#Cc1ccc2c(c1)O[C@H](CN(C)Cc1ccncc1)[C@@H](C)CN([C@@H](C)CO)S2(=O)=O. The number of hydrogen-bond acceptors (Lipinski definition) is 6. The number of benzene rings is 1. The highest BCUT2D eigenvalue weighted by molar-refractivity contribution is 7.89. The van der Waals surface area contributed by atoms with Gasteiger partial charge in [-0.2, -0.15) is 4.31 Å². The number of pyridine rings is 1. The van der Waals surface area contributed by atoms with Crippen molar-refractivity contribution in [1.82, 2.24) is 14.2 Å². The monoisotopic (exact) mass is 499 g/mol. The van der Waals surface area contributed by atoms with E-state index in [1.807, 2.05) is 26.1 Å². The summed E-state index contributed by atoms with van der Waals surface area (Å²) in [5, 5.41) is 9.81. The molecule has 1 aliphatic rings. The normalized spacial score (nSPS) is 20.8. The Labute approximate surface area is 210 Å². The maximum Gasteiger partial charge on any atom is 0.247 e. The zero-order valence-electron chi connectivity index (χ0n) is 21.3. The molecule has 2 heterocycles. The first kappa shape index (κ1) is 27.2.